The molecule has 0 fully saturated rings. The van der Waals surface area contributed by atoms with E-state index in [0.29, 0.717) is 5.92 Å². The molecular formula is C27H20. The summed E-state index contributed by atoms with van der Waals surface area (Å²) >= 11 is 0. The molecule has 27 heavy (non-hydrogen) atoms. The monoisotopic (exact) mass is 344 g/mol. The Kier molecular flexibility index (Phi) is 3.16. The molecule has 4 aromatic rings. The molecule has 0 radical (unpaired) electrons. The van der Waals surface area contributed by atoms with Gasteiger partial charge in [-0.25, -0.2) is 0 Å². The molecule has 0 aromatic heterocycles. The topological polar surface area (TPSA) is 0 Å². The van der Waals surface area contributed by atoms with Crippen molar-refractivity contribution < 1.29 is 0 Å². The van der Waals surface area contributed by atoms with Crippen LogP contribution in [0.3, 0.4) is 0 Å². The Morgan fingerprint density at radius 2 is 1.15 bits per heavy atom. The Morgan fingerprint density at radius 1 is 0.556 bits per heavy atom. The van der Waals surface area contributed by atoms with Crippen LogP contribution in [-0.2, 0) is 12.8 Å². The molecule has 4 aromatic carbocycles. The summed E-state index contributed by atoms with van der Waals surface area (Å²) in [6, 6.07) is 33.6. The molecule has 2 aliphatic rings. The zero-order valence-electron chi connectivity index (χ0n) is 15.2. The smallest absolute Gasteiger partial charge is 0.0142 e. The van der Waals surface area contributed by atoms with Gasteiger partial charge in [0.25, 0.3) is 0 Å². The maximum atomic E-state index is 2.34. The second-order valence-corrected chi connectivity index (χ2v) is 7.71. The zero-order chi connectivity index (χ0) is 17.8. The van der Waals surface area contributed by atoms with Gasteiger partial charge in [0, 0.05) is 5.92 Å². The lowest BCUT2D eigenvalue weighted by Gasteiger charge is -2.16. The van der Waals surface area contributed by atoms with Crippen molar-refractivity contribution in [3.8, 4) is 22.3 Å². The van der Waals surface area contributed by atoms with Crippen molar-refractivity contribution in [2.45, 2.75) is 18.8 Å². The molecule has 128 valence electrons. The van der Waals surface area contributed by atoms with Gasteiger partial charge in [-0.15, -0.1) is 0 Å². The third-order valence-electron chi connectivity index (χ3n) is 6.33. The van der Waals surface area contributed by atoms with E-state index >= 15 is 0 Å². The maximum absolute atomic E-state index is 2.34. The Bertz CT molecular complexity index is 1140. The van der Waals surface area contributed by atoms with Crippen molar-refractivity contribution in [1.82, 2.24) is 0 Å². The van der Waals surface area contributed by atoms with Gasteiger partial charge in [0.05, 0.1) is 0 Å². The fourth-order valence-electron chi connectivity index (χ4n) is 5.11. The van der Waals surface area contributed by atoms with Gasteiger partial charge in [-0.1, -0.05) is 91.0 Å². The SMILES string of the molecule is c1ccc2c(c1)Cc1c(CC3c4ccccc4-c4ccccc43)cccc1-2. The minimum absolute atomic E-state index is 0.451. The maximum Gasteiger partial charge on any atom is 0.0142 e. The van der Waals surface area contributed by atoms with Crippen LogP contribution < -0.4 is 0 Å². The molecule has 0 nitrogen and oxygen atoms in total. The summed E-state index contributed by atoms with van der Waals surface area (Å²) in [5.41, 5.74) is 13.1. The van der Waals surface area contributed by atoms with Gasteiger partial charge in [0.2, 0.25) is 0 Å². The molecule has 0 heterocycles. The molecule has 0 saturated heterocycles. The first-order valence-electron chi connectivity index (χ1n) is 9.77. The van der Waals surface area contributed by atoms with E-state index in [-0.39, 0.29) is 0 Å². The van der Waals surface area contributed by atoms with E-state index in [1.165, 1.54) is 50.1 Å². The number of hydrogen-bond donors (Lipinski definition) is 0. The van der Waals surface area contributed by atoms with Crippen LogP contribution in [-0.4, -0.2) is 0 Å². The molecule has 0 heteroatoms. The summed E-state index contributed by atoms with van der Waals surface area (Å²) in [5.74, 6) is 0.451. The lowest BCUT2D eigenvalue weighted by molar-refractivity contribution is 0.819. The summed E-state index contributed by atoms with van der Waals surface area (Å²) in [6.45, 7) is 0. The molecule has 2 aliphatic carbocycles. The van der Waals surface area contributed by atoms with Crippen LogP contribution in [0.2, 0.25) is 0 Å². The third kappa shape index (κ3) is 2.16. The first kappa shape index (κ1) is 15.0. The fraction of sp³-hybridized carbons (Fsp3) is 0.111. The third-order valence-corrected chi connectivity index (χ3v) is 6.33. The molecule has 0 unspecified atom stereocenters. The molecule has 0 atom stereocenters. The number of rotatable bonds is 2. The van der Waals surface area contributed by atoms with Gasteiger partial charge in [0.15, 0.2) is 0 Å². The van der Waals surface area contributed by atoms with Gasteiger partial charge in [0.1, 0.15) is 0 Å². The fourth-order valence-corrected chi connectivity index (χ4v) is 5.11. The molecule has 0 bridgehead atoms. The van der Waals surface area contributed by atoms with Crippen molar-refractivity contribution in [3.63, 3.8) is 0 Å². The van der Waals surface area contributed by atoms with Gasteiger partial charge in [-0.3, -0.25) is 0 Å². The van der Waals surface area contributed by atoms with E-state index in [9.17, 15) is 0 Å². The highest BCUT2D eigenvalue weighted by molar-refractivity contribution is 5.80. The normalized spacial score (nSPS) is 13.8. The summed E-state index contributed by atoms with van der Waals surface area (Å²) in [4.78, 5) is 0. The lowest BCUT2D eigenvalue weighted by Crippen LogP contribution is -2.04. The summed E-state index contributed by atoms with van der Waals surface area (Å²) in [6.07, 6.45) is 2.14. The second-order valence-electron chi connectivity index (χ2n) is 7.71. The van der Waals surface area contributed by atoms with Crippen LogP contribution in [0.1, 0.15) is 33.7 Å². The highest BCUT2D eigenvalue weighted by Gasteiger charge is 2.29. The van der Waals surface area contributed by atoms with Gasteiger partial charge in [-0.2, -0.15) is 0 Å². The van der Waals surface area contributed by atoms with Crippen molar-refractivity contribution >= 4 is 0 Å². The van der Waals surface area contributed by atoms with Gasteiger partial charge < -0.3 is 0 Å². The highest BCUT2D eigenvalue weighted by atomic mass is 14.3. The Balaban J connectivity index is 1.47. The quantitative estimate of drug-likeness (QED) is 0.338. The summed E-state index contributed by atoms with van der Waals surface area (Å²) in [5, 5.41) is 0. The lowest BCUT2D eigenvalue weighted by atomic mass is 9.87. The minimum atomic E-state index is 0.451. The Morgan fingerprint density at radius 3 is 1.89 bits per heavy atom. The molecule has 0 spiro atoms. The van der Waals surface area contributed by atoms with Gasteiger partial charge >= 0.3 is 0 Å². The highest BCUT2D eigenvalue weighted by Crippen LogP contribution is 2.47. The van der Waals surface area contributed by atoms with Crippen LogP contribution in [0.5, 0.6) is 0 Å². The largest absolute Gasteiger partial charge is 0.0619 e. The summed E-state index contributed by atoms with van der Waals surface area (Å²) in [7, 11) is 0. The van der Waals surface area contributed by atoms with Crippen molar-refractivity contribution in [2.75, 3.05) is 0 Å². The number of hydrogen-bond acceptors (Lipinski definition) is 0. The Hall–Kier alpha value is -3.12. The van der Waals surface area contributed by atoms with E-state index in [0.717, 1.165) is 12.8 Å². The average Bonchev–Trinajstić information content (AvgIpc) is 3.26. The standard InChI is InChI=1S/C27H20/c1-2-10-20-18(8-1)16-26-19(9-7-15-21(20)26)17-27-24-13-5-3-11-22(24)23-12-4-6-14-25(23)27/h1-15,27H,16-17H2. The first-order chi connectivity index (χ1) is 13.4. The molecule has 0 amide bonds. The van der Waals surface area contributed by atoms with Crippen LogP contribution in [0.4, 0.5) is 0 Å². The van der Waals surface area contributed by atoms with Crippen molar-refractivity contribution in [1.29, 1.82) is 0 Å². The molecule has 0 N–H and O–H groups in total. The van der Waals surface area contributed by atoms with E-state index in [4.69, 9.17) is 0 Å². The van der Waals surface area contributed by atoms with Crippen LogP contribution in [0, 0.1) is 0 Å². The van der Waals surface area contributed by atoms with Gasteiger partial charge in [-0.05, 0) is 62.9 Å². The predicted molar refractivity (Wildman–Crippen MR) is 112 cm³/mol. The number of fused-ring (bicyclic) bond motifs is 6. The second kappa shape index (κ2) is 5.69. The molecular weight excluding hydrogens is 324 g/mol. The predicted octanol–water partition coefficient (Wildman–Crippen LogP) is 6.61. The van der Waals surface area contributed by atoms with E-state index in [2.05, 4.69) is 91.0 Å². The molecule has 0 saturated carbocycles. The van der Waals surface area contributed by atoms with Crippen LogP contribution >= 0.6 is 0 Å². The van der Waals surface area contributed by atoms with Crippen LogP contribution in [0.25, 0.3) is 22.3 Å². The van der Waals surface area contributed by atoms with Crippen molar-refractivity contribution in [3.05, 3.63) is 119 Å². The van der Waals surface area contributed by atoms with E-state index < -0.39 is 0 Å². The van der Waals surface area contributed by atoms with E-state index in [1.807, 2.05) is 0 Å². The first-order valence-corrected chi connectivity index (χ1v) is 9.77. The average molecular weight is 344 g/mol. The summed E-state index contributed by atoms with van der Waals surface area (Å²) < 4.78 is 0. The van der Waals surface area contributed by atoms with E-state index in [1.54, 1.807) is 0 Å². The Labute approximate surface area is 160 Å². The van der Waals surface area contributed by atoms with Crippen molar-refractivity contribution in [2.24, 2.45) is 0 Å². The minimum Gasteiger partial charge on any atom is -0.0619 e. The van der Waals surface area contributed by atoms with Crippen LogP contribution in [0.15, 0.2) is 91.0 Å². The number of benzene rings is 4. The zero-order valence-corrected chi connectivity index (χ0v) is 15.2. The molecule has 6 rings (SSSR count). The molecule has 0 aliphatic heterocycles.